The Bertz CT molecular complexity index is 467. The van der Waals surface area contributed by atoms with Gasteiger partial charge in [-0.25, -0.2) is 0 Å². The molecule has 2 N–H and O–H groups in total. The first-order chi connectivity index (χ1) is 9.02. The van der Waals surface area contributed by atoms with Crippen molar-refractivity contribution in [2.24, 2.45) is 0 Å². The van der Waals surface area contributed by atoms with Gasteiger partial charge in [0.2, 0.25) is 11.8 Å². The molecule has 0 heterocycles. The largest absolute Gasteiger partial charge is 0.508 e. The smallest absolute Gasteiger partial charge is 0.299 e. The molecule has 0 unspecified atom stereocenters. The van der Waals surface area contributed by atoms with Gasteiger partial charge in [-0.05, 0) is 30.2 Å². The van der Waals surface area contributed by atoms with Gasteiger partial charge in [0.05, 0.1) is 0 Å². The summed E-state index contributed by atoms with van der Waals surface area (Å²) < 4.78 is 4.63. The molecule has 0 aliphatic rings. The molecule has 0 saturated heterocycles. The highest BCUT2D eigenvalue weighted by Gasteiger charge is 2.03. The van der Waals surface area contributed by atoms with Crippen LogP contribution in [0.4, 0.5) is 0 Å². The number of rotatable bonds is 4. The molecule has 0 atom stereocenters. The maximum absolute atomic E-state index is 10.9. The Morgan fingerprint density at radius 2 is 2.00 bits per heavy atom. The van der Waals surface area contributed by atoms with Gasteiger partial charge in [-0.2, -0.15) is 0 Å². The zero-order valence-electron chi connectivity index (χ0n) is 11.6. The first kappa shape index (κ1) is 16.7. The highest BCUT2D eigenvalue weighted by atomic mass is 16.5. The van der Waals surface area contributed by atoms with Crippen LogP contribution in [-0.2, 0) is 14.3 Å². The van der Waals surface area contributed by atoms with Crippen molar-refractivity contribution < 1.29 is 19.4 Å². The predicted octanol–water partition coefficient (Wildman–Crippen LogP) is 2.33. The van der Waals surface area contributed by atoms with Crippen LogP contribution in [0, 0.1) is 6.92 Å². The number of phenols is 1. The van der Waals surface area contributed by atoms with Gasteiger partial charge in [-0.15, -0.1) is 0 Å². The number of phenolic OH excluding ortho intramolecular Hbond substituents is 1. The first-order valence-electron chi connectivity index (χ1n) is 5.92. The van der Waals surface area contributed by atoms with E-state index in [0.717, 1.165) is 11.1 Å². The topological polar surface area (TPSA) is 75.6 Å². The Kier molecular flexibility index (Phi) is 7.68. The minimum Gasteiger partial charge on any atom is -0.508 e. The fourth-order valence-electron chi connectivity index (χ4n) is 1.29. The molecule has 0 bridgehead atoms. The van der Waals surface area contributed by atoms with Gasteiger partial charge in [0, 0.05) is 13.0 Å². The molecule has 0 fully saturated rings. The molecule has 0 saturated carbocycles. The summed E-state index contributed by atoms with van der Waals surface area (Å²) in [5.41, 5.74) is 1.52. The Balaban J connectivity index is 0.00000154. The Labute approximate surface area is 112 Å². The van der Waals surface area contributed by atoms with E-state index in [4.69, 9.17) is 0 Å². The van der Waals surface area contributed by atoms with Crippen molar-refractivity contribution in [1.82, 2.24) is 5.32 Å². The summed E-state index contributed by atoms with van der Waals surface area (Å²) in [6.07, 6.45) is 1.50. The third-order valence-electron chi connectivity index (χ3n) is 2.01. The average molecular weight is 265 g/mol. The summed E-state index contributed by atoms with van der Waals surface area (Å²) in [6, 6.07) is 4.73. The van der Waals surface area contributed by atoms with E-state index in [2.05, 4.69) is 10.1 Å². The second-order valence-electron chi connectivity index (χ2n) is 3.44. The van der Waals surface area contributed by atoms with E-state index in [-0.39, 0.29) is 24.0 Å². The van der Waals surface area contributed by atoms with Crippen molar-refractivity contribution in [2.75, 3.05) is 0 Å². The lowest BCUT2D eigenvalue weighted by atomic mass is 10.1. The monoisotopic (exact) mass is 265 g/mol. The van der Waals surface area contributed by atoms with Crippen LogP contribution >= 0.6 is 0 Å². The lowest BCUT2D eigenvalue weighted by molar-refractivity contribution is -0.126. The van der Waals surface area contributed by atoms with Gasteiger partial charge in [-0.3, -0.25) is 14.9 Å². The van der Waals surface area contributed by atoms with Gasteiger partial charge in [0.1, 0.15) is 5.75 Å². The maximum atomic E-state index is 10.9. The average Bonchev–Trinajstić information content (AvgIpc) is 2.35. The zero-order valence-corrected chi connectivity index (χ0v) is 11.6. The molecule has 1 rings (SSSR count). The fraction of sp³-hybridized carbons (Fsp3) is 0.286. The van der Waals surface area contributed by atoms with E-state index in [1.807, 2.05) is 13.8 Å². The Hall–Kier alpha value is -2.30. The number of amides is 1. The summed E-state index contributed by atoms with van der Waals surface area (Å²) in [7, 11) is 0. The van der Waals surface area contributed by atoms with E-state index in [0.29, 0.717) is 0 Å². The van der Waals surface area contributed by atoms with Crippen LogP contribution in [0.25, 0.3) is 6.08 Å². The van der Waals surface area contributed by atoms with E-state index < -0.39 is 0 Å². The van der Waals surface area contributed by atoms with Crippen LogP contribution in [0.2, 0.25) is 0 Å². The van der Waals surface area contributed by atoms with Gasteiger partial charge >= 0.3 is 0 Å². The van der Waals surface area contributed by atoms with Gasteiger partial charge < -0.3 is 9.84 Å². The van der Waals surface area contributed by atoms with E-state index in [9.17, 15) is 14.7 Å². The number of aryl methyl sites for hydroxylation is 1. The molecule has 19 heavy (non-hydrogen) atoms. The SMILES string of the molecule is CC.CC(=O)N/C(=C/c1ccc(O)cc1C)OC=O. The van der Waals surface area contributed by atoms with Gasteiger partial charge in [-0.1, -0.05) is 19.9 Å². The molecular weight excluding hydrogens is 246 g/mol. The molecule has 104 valence electrons. The zero-order chi connectivity index (χ0) is 14.8. The lowest BCUT2D eigenvalue weighted by Crippen LogP contribution is -2.20. The van der Waals surface area contributed by atoms with E-state index in [1.165, 1.54) is 19.1 Å². The Morgan fingerprint density at radius 3 is 2.47 bits per heavy atom. The molecule has 1 amide bonds. The van der Waals surface area contributed by atoms with Crippen molar-refractivity contribution in [2.45, 2.75) is 27.7 Å². The number of hydrogen-bond acceptors (Lipinski definition) is 4. The summed E-state index contributed by atoms with van der Waals surface area (Å²) in [6.45, 7) is 7.33. The minimum absolute atomic E-state index is 0.0429. The van der Waals surface area contributed by atoms with Crippen LogP contribution < -0.4 is 5.32 Å². The number of ether oxygens (including phenoxy) is 1. The van der Waals surface area contributed by atoms with E-state index in [1.54, 1.807) is 19.1 Å². The first-order valence-corrected chi connectivity index (χ1v) is 5.92. The molecule has 0 aliphatic heterocycles. The summed E-state index contributed by atoms with van der Waals surface area (Å²) >= 11 is 0. The molecule has 1 aromatic carbocycles. The number of benzene rings is 1. The highest BCUT2D eigenvalue weighted by molar-refractivity contribution is 5.76. The van der Waals surface area contributed by atoms with Crippen LogP contribution in [0.1, 0.15) is 31.9 Å². The maximum Gasteiger partial charge on any atom is 0.299 e. The van der Waals surface area contributed by atoms with Crippen molar-refractivity contribution >= 4 is 18.5 Å². The second-order valence-corrected chi connectivity index (χ2v) is 3.44. The van der Waals surface area contributed by atoms with E-state index >= 15 is 0 Å². The van der Waals surface area contributed by atoms with Crippen LogP contribution in [0.3, 0.4) is 0 Å². The molecule has 1 aromatic rings. The van der Waals surface area contributed by atoms with Crippen molar-refractivity contribution in [3.8, 4) is 5.75 Å². The van der Waals surface area contributed by atoms with Crippen molar-refractivity contribution in [3.63, 3.8) is 0 Å². The molecule has 5 nitrogen and oxygen atoms in total. The summed E-state index contributed by atoms with van der Waals surface area (Å²) in [4.78, 5) is 21.1. The minimum atomic E-state index is -0.338. The summed E-state index contributed by atoms with van der Waals surface area (Å²) in [5, 5.41) is 11.6. The number of carbonyl (C=O) groups excluding carboxylic acids is 2. The predicted molar refractivity (Wildman–Crippen MR) is 73.1 cm³/mol. The Morgan fingerprint density at radius 1 is 1.37 bits per heavy atom. The van der Waals surface area contributed by atoms with Crippen LogP contribution in [0.5, 0.6) is 5.75 Å². The molecular formula is C14H19NO4. The number of carbonyl (C=O) groups is 2. The normalized spacial score (nSPS) is 10.0. The molecule has 5 heteroatoms. The second kappa shape index (κ2) is 8.74. The quantitative estimate of drug-likeness (QED) is 0.647. The van der Waals surface area contributed by atoms with Gasteiger partial charge in [0.25, 0.3) is 6.47 Å². The van der Waals surface area contributed by atoms with Crippen molar-refractivity contribution in [3.05, 3.63) is 35.2 Å². The summed E-state index contributed by atoms with van der Waals surface area (Å²) in [5.74, 6) is -0.146. The van der Waals surface area contributed by atoms with Gasteiger partial charge in [0.15, 0.2) is 0 Å². The van der Waals surface area contributed by atoms with Crippen molar-refractivity contribution in [1.29, 1.82) is 0 Å². The van der Waals surface area contributed by atoms with Crippen LogP contribution in [-0.4, -0.2) is 17.5 Å². The highest BCUT2D eigenvalue weighted by Crippen LogP contribution is 2.17. The molecule has 0 radical (unpaired) electrons. The third-order valence-corrected chi connectivity index (χ3v) is 2.01. The number of aromatic hydroxyl groups is 1. The van der Waals surface area contributed by atoms with Crippen LogP contribution in [0.15, 0.2) is 24.1 Å². The molecule has 0 aliphatic carbocycles. The number of nitrogens with one attached hydrogen (secondary N) is 1. The molecule has 0 aromatic heterocycles. The third kappa shape index (κ3) is 6.26. The standard InChI is InChI=1S/C12H13NO4.C2H6/c1-8-5-11(16)4-3-10(8)6-12(17-7-14)13-9(2)15;1-2/h3-7,16H,1-2H3,(H,13,15);1-2H3/b12-6-;. The number of hydrogen-bond donors (Lipinski definition) is 2. The molecule has 0 spiro atoms. The fourth-order valence-corrected chi connectivity index (χ4v) is 1.29. The lowest BCUT2D eigenvalue weighted by Gasteiger charge is -2.06.